The molecule has 0 aliphatic carbocycles. The van der Waals surface area contributed by atoms with Gasteiger partial charge in [0.2, 0.25) is 0 Å². The number of hydrogen-bond donors (Lipinski definition) is 2. The standard InChI is InChI=1S/C45H49ClN4O9S/c1-5-56-44(52)39-24-48-43(60-39)33-21-22-50(2,25-33)26-34(49-45(53)59-29-30-9-7-6-8-10-30)23-47-42(51)37-19-20-38(57-27-31-11-15-35(54-3)16-12-31)41(40(37)46)58-28-32-13-17-36(55-4)18-14-32/h6-20,24,33-34H,5,21-23,25-29H2,1-4H3,(H-,47,49,51,53)/p+1/t33-,34-,50?/m1/s1. The van der Waals surface area contributed by atoms with Crippen molar-refractivity contribution in [3.63, 3.8) is 0 Å². The van der Waals surface area contributed by atoms with E-state index < -0.39 is 18.0 Å². The number of amides is 2. The molecule has 1 aromatic heterocycles. The SMILES string of the molecule is CCOC(=O)c1cnc([C@@H]2CC[N+](C)(C[C@@H](CNC(=O)c3ccc(OCc4ccc(OC)cc4)c(OCc4ccc(OC)cc4)c3Cl)NC(=O)OCc3ccccc3)C2)s1. The molecule has 13 nitrogen and oxygen atoms in total. The molecule has 0 spiro atoms. The molecule has 0 radical (unpaired) electrons. The first-order chi connectivity index (χ1) is 29.1. The van der Waals surface area contributed by atoms with E-state index >= 15 is 0 Å². The van der Waals surface area contributed by atoms with E-state index in [0.717, 1.165) is 47.0 Å². The van der Waals surface area contributed by atoms with Gasteiger partial charge in [-0.15, -0.1) is 11.3 Å². The minimum atomic E-state index is -0.606. The highest BCUT2D eigenvalue weighted by molar-refractivity contribution is 7.13. The second kappa shape index (κ2) is 20.9. The number of rotatable bonds is 19. The molecule has 6 rings (SSSR count). The van der Waals surface area contributed by atoms with Crippen molar-refractivity contribution in [1.82, 2.24) is 15.6 Å². The van der Waals surface area contributed by atoms with Gasteiger partial charge in [-0.25, -0.2) is 14.6 Å². The van der Waals surface area contributed by atoms with Gasteiger partial charge in [-0.1, -0.05) is 66.2 Å². The maximum absolute atomic E-state index is 14.0. The monoisotopic (exact) mass is 857 g/mol. The van der Waals surface area contributed by atoms with E-state index in [1.54, 1.807) is 39.5 Å². The number of quaternary nitrogens is 1. The van der Waals surface area contributed by atoms with E-state index in [2.05, 4.69) is 22.7 Å². The predicted octanol–water partition coefficient (Wildman–Crippen LogP) is 7.81. The Labute approximate surface area is 359 Å². The van der Waals surface area contributed by atoms with Gasteiger partial charge in [-0.05, 0) is 60.0 Å². The van der Waals surface area contributed by atoms with Crippen LogP contribution in [0.4, 0.5) is 4.79 Å². The van der Waals surface area contributed by atoms with Gasteiger partial charge < -0.3 is 43.5 Å². The first-order valence-corrected chi connectivity index (χ1v) is 20.8. The number of ether oxygens (including phenoxy) is 6. The van der Waals surface area contributed by atoms with Gasteiger partial charge in [0.25, 0.3) is 5.91 Å². The second-order valence-corrected chi connectivity index (χ2v) is 16.1. The lowest BCUT2D eigenvalue weighted by Crippen LogP contribution is -2.55. The first-order valence-electron chi connectivity index (χ1n) is 19.6. The van der Waals surface area contributed by atoms with Gasteiger partial charge in [0.15, 0.2) is 11.5 Å². The molecule has 1 saturated heterocycles. The Balaban J connectivity index is 1.17. The van der Waals surface area contributed by atoms with Gasteiger partial charge >= 0.3 is 12.1 Å². The molecule has 3 atom stereocenters. The lowest BCUT2D eigenvalue weighted by Gasteiger charge is -2.34. The molecule has 1 unspecified atom stereocenters. The van der Waals surface area contributed by atoms with Crippen LogP contribution in [0.5, 0.6) is 23.0 Å². The number of alkyl carbamates (subject to hydrolysis) is 1. The van der Waals surface area contributed by atoms with Gasteiger partial charge in [-0.3, -0.25) is 4.79 Å². The number of carbonyl (C=O) groups excluding carboxylic acids is 3. The van der Waals surface area contributed by atoms with Gasteiger partial charge in [-0.2, -0.15) is 0 Å². The Hall–Kier alpha value is -5.83. The minimum Gasteiger partial charge on any atom is -0.497 e. The molecule has 316 valence electrons. The molecule has 2 N–H and O–H groups in total. The number of nitrogens with one attached hydrogen (secondary N) is 2. The van der Waals surface area contributed by atoms with Crippen LogP contribution < -0.4 is 29.6 Å². The number of benzene rings is 4. The number of esters is 1. The zero-order valence-corrected chi connectivity index (χ0v) is 35.7. The summed E-state index contributed by atoms with van der Waals surface area (Å²) in [5.74, 6) is 1.28. The van der Waals surface area contributed by atoms with E-state index in [-0.39, 0.29) is 54.6 Å². The second-order valence-electron chi connectivity index (χ2n) is 14.6. The molecular formula is C45H50ClN4O9S+. The summed E-state index contributed by atoms with van der Waals surface area (Å²) in [6.07, 6.45) is 1.81. The molecule has 5 aromatic rings. The summed E-state index contributed by atoms with van der Waals surface area (Å²) in [6, 6.07) is 27.0. The number of halogens is 1. The first kappa shape index (κ1) is 43.7. The van der Waals surface area contributed by atoms with Crippen LogP contribution in [0.2, 0.25) is 5.02 Å². The van der Waals surface area contributed by atoms with Crippen LogP contribution in [0.15, 0.2) is 97.2 Å². The zero-order valence-electron chi connectivity index (χ0n) is 34.1. The van der Waals surface area contributed by atoms with Gasteiger partial charge in [0, 0.05) is 13.0 Å². The molecule has 1 aliphatic rings. The summed E-state index contributed by atoms with van der Waals surface area (Å²) < 4.78 is 34.4. The summed E-state index contributed by atoms with van der Waals surface area (Å²) in [7, 11) is 5.32. The topological polar surface area (TPSA) is 144 Å². The fraction of sp³-hybridized carbons (Fsp3) is 0.333. The fourth-order valence-electron chi connectivity index (χ4n) is 6.98. The third-order valence-corrected chi connectivity index (χ3v) is 11.6. The third kappa shape index (κ3) is 11.9. The molecule has 1 aliphatic heterocycles. The van der Waals surface area contributed by atoms with Crippen molar-refractivity contribution in [3.8, 4) is 23.0 Å². The van der Waals surface area contributed by atoms with E-state index in [4.69, 9.17) is 40.0 Å². The van der Waals surface area contributed by atoms with Gasteiger partial charge in [0.05, 0.1) is 69.7 Å². The van der Waals surface area contributed by atoms with Crippen molar-refractivity contribution >= 4 is 40.9 Å². The Kier molecular flexibility index (Phi) is 15.3. The lowest BCUT2D eigenvalue weighted by atomic mass is 10.1. The van der Waals surface area contributed by atoms with E-state index in [1.165, 1.54) is 11.3 Å². The maximum atomic E-state index is 14.0. The summed E-state index contributed by atoms with van der Waals surface area (Å²) in [5.41, 5.74) is 2.77. The largest absolute Gasteiger partial charge is 0.497 e. The van der Waals surface area contributed by atoms with Crippen molar-refractivity contribution in [2.24, 2.45) is 0 Å². The smallest absolute Gasteiger partial charge is 0.407 e. The number of likely N-dealkylation sites (tertiary alicyclic amines) is 1. The highest BCUT2D eigenvalue weighted by atomic mass is 35.5. The average molecular weight is 858 g/mol. The number of hydrogen-bond acceptors (Lipinski definition) is 11. The van der Waals surface area contributed by atoms with Crippen molar-refractivity contribution in [2.75, 3.05) is 54.1 Å². The maximum Gasteiger partial charge on any atom is 0.407 e. The van der Waals surface area contributed by atoms with Crippen molar-refractivity contribution in [2.45, 2.75) is 45.1 Å². The molecule has 15 heteroatoms. The number of likely N-dealkylation sites (N-methyl/N-ethyl adjacent to an activating group) is 1. The number of carbonyl (C=O) groups is 3. The molecular weight excluding hydrogens is 808 g/mol. The molecule has 0 bridgehead atoms. The average Bonchev–Trinajstić information content (AvgIpc) is 3.92. The Morgan fingerprint density at radius 2 is 1.50 bits per heavy atom. The van der Waals surface area contributed by atoms with Crippen LogP contribution in [-0.4, -0.2) is 87.5 Å². The lowest BCUT2D eigenvalue weighted by molar-refractivity contribution is -0.899. The quantitative estimate of drug-likeness (QED) is 0.0624. The Morgan fingerprint density at radius 3 is 2.15 bits per heavy atom. The van der Waals surface area contributed by atoms with Crippen molar-refractivity contribution in [1.29, 1.82) is 0 Å². The van der Waals surface area contributed by atoms with Crippen LogP contribution in [0, 0.1) is 0 Å². The van der Waals surface area contributed by atoms with E-state index in [0.29, 0.717) is 34.0 Å². The van der Waals surface area contributed by atoms with Crippen LogP contribution in [0.25, 0.3) is 0 Å². The molecule has 1 fully saturated rings. The van der Waals surface area contributed by atoms with Crippen LogP contribution in [-0.2, 0) is 29.3 Å². The zero-order chi connectivity index (χ0) is 42.5. The third-order valence-electron chi connectivity index (χ3n) is 10.1. The minimum absolute atomic E-state index is 0.0760. The number of methoxy groups -OCH3 is 2. The molecule has 60 heavy (non-hydrogen) atoms. The summed E-state index contributed by atoms with van der Waals surface area (Å²) in [6.45, 7) is 4.59. The molecule has 2 amide bonds. The molecule has 4 aromatic carbocycles. The number of aromatic nitrogens is 1. The summed E-state index contributed by atoms with van der Waals surface area (Å²) >= 11 is 8.34. The van der Waals surface area contributed by atoms with Crippen molar-refractivity contribution in [3.05, 3.63) is 134 Å². The summed E-state index contributed by atoms with van der Waals surface area (Å²) in [5, 5.41) is 6.94. The number of thiazole rings is 1. The van der Waals surface area contributed by atoms with Crippen molar-refractivity contribution < 1.29 is 47.3 Å². The van der Waals surface area contributed by atoms with Crippen LogP contribution >= 0.6 is 22.9 Å². The van der Waals surface area contributed by atoms with Gasteiger partial charge in [0.1, 0.15) is 47.7 Å². The Bertz CT molecular complexity index is 2200. The normalized spacial score (nSPS) is 16.3. The fourth-order valence-corrected chi connectivity index (χ4v) is 8.21. The molecule has 2 heterocycles. The molecule has 0 saturated carbocycles. The van der Waals surface area contributed by atoms with E-state index in [1.807, 2.05) is 78.9 Å². The predicted molar refractivity (Wildman–Crippen MR) is 228 cm³/mol. The summed E-state index contributed by atoms with van der Waals surface area (Å²) in [4.78, 5) is 44.5. The highest BCUT2D eigenvalue weighted by Gasteiger charge is 2.39. The number of nitrogens with zero attached hydrogens (tertiary/aromatic N) is 2. The van der Waals surface area contributed by atoms with Crippen LogP contribution in [0.3, 0.4) is 0 Å². The van der Waals surface area contributed by atoms with Crippen LogP contribution in [0.1, 0.15) is 61.0 Å². The Morgan fingerprint density at radius 1 is 0.850 bits per heavy atom. The highest BCUT2D eigenvalue weighted by Crippen LogP contribution is 2.39. The van der Waals surface area contributed by atoms with E-state index in [9.17, 15) is 14.4 Å².